The van der Waals surface area contributed by atoms with Gasteiger partial charge in [-0.2, -0.15) is 0 Å². The zero-order valence-corrected chi connectivity index (χ0v) is 20.0. The molecule has 0 radical (unpaired) electrons. The van der Waals surface area contributed by atoms with Gasteiger partial charge in [-0.1, -0.05) is 6.07 Å². The maximum Gasteiger partial charge on any atom is 0.238 e. The number of nitrogens with zero attached hydrogens (tertiary/aromatic N) is 7. The van der Waals surface area contributed by atoms with Crippen molar-refractivity contribution in [3.8, 4) is 34.3 Å². The van der Waals surface area contributed by atoms with Crippen LogP contribution >= 0.6 is 0 Å². The molecule has 9 heteroatoms. The highest BCUT2D eigenvalue weighted by molar-refractivity contribution is 5.61. The van der Waals surface area contributed by atoms with Gasteiger partial charge in [-0.05, 0) is 67.8 Å². The number of methoxy groups -OCH3 is 1. The molecule has 6 rings (SSSR count). The van der Waals surface area contributed by atoms with Gasteiger partial charge in [0.15, 0.2) is 5.82 Å². The molecular weight excluding hydrogens is 457 g/mol. The van der Waals surface area contributed by atoms with Crippen molar-refractivity contribution in [2.45, 2.75) is 32.2 Å². The lowest BCUT2D eigenvalue weighted by atomic mass is 9.89. The topological polar surface area (TPSA) is 83.5 Å². The first-order valence-corrected chi connectivity index (χ1v) is 11.8. The van der Waals surface area contributed by atoms with Crippen molar-refractivity contribution in [3.63, 3.8) is 0 Å². The lowest BCUT2D eigenvalue weighted by molar-refractivity contribution is 0.396. The van der Waals surface area contributed by atoms with Crippen LogP contribution in [0.25, 0.3) is 28.5 Å². The number of rotatable bonds is 5. The molecule has 180 valence electrons. The molecular formula is C27H24FN7O. The average Bonchev–Trinajstić information content (AvgIpc) is 3.55. The second kappa shape index (κ2) is 8.99. The Balaban J connectivity index is 1.38. The number of hydrogen-bond donors (Lipinski definition) is 0. The molecule has 0 bridgehead atoms. The SMILES string of the molecule is COc1nc(-c2nc3n(n2)CCC[C@@H]3c2cc(-c3ccccn3)ccc2F)ccc1-n1cnc(C)c1. The fraction of sp³-hybridized carbons (Fsp3) is 0.222. The minimum absolute atomic E-state index is 0.209. The third-order valence-electron chi connectivity index (χ3n) is 6.46. The predicted molar refractivity (Wildman–Crippen MR) is 132 cm³/mol. The van der Waals surface area contributed by atoms with Gasteiger partial charge >= 0.3 is 0 Å². The Bertz CT molecular complexity index is 1540. The molecule has 0 amide bonds. The summed E-state index contributed by atoms with van der Waals surface area (Å²) in [5.41, 5.74) is 4.55. The Morgan fingerprint density at radius 1 is 1.03 bits per heavy atom. The number of fused-ring (bicyclic) bond motifs is 1. The largest absolute Gasteiger partial charge is 0.479 e. The summed E-state index contributed by atoms with van der Waals surface area (Å²) in [7, 11) is 1.58. The quantitative estimate of drug-likeness (QED) is 0.353. The third-order valence-corrected chi connectivity index (χ3v) is 6.46. The van der Waals surface area contributed by atoms with Crippen LogP contribution in [-0.2, 0) is 6.54 Å². The minimum Gasteiger partial charge on any atom is -0.479 e. The molecule has 1 aliphatic heterocycles. The molecule has 0 fully saturated rings. The molecule has 0 N–H and O–H groups in total. The molecule has 8 nitrogen and oxygen atoms in total. The summed E-state index contributed by atoms with van der Waals surface area (Å²) in [6.07, 6.45) is 7.04. The number of hydrogen-bond acceptors (Lipinski definition) is 6. The molecule has 5 aromatic rings. The number of halogens is 1. The lowest BCUT2D eigenvalue weighted by Gasteiger charge is -2.23. The van der Waals surface area contributed by atoms with Crippen molar-refractivity contribution in [2.75, 3.05) is 7.11 Å². The van der Waals surface area contributed by atoms with Crippen LogP contribution < -0.4 is 4.74 Å². The van der Waals surface area contributed by atoms with Crippen LogP contribution in [0.5, 0.6) is 5.88 Å². The van der Waals surface area contributed by atoms with Gasteiger partial charge in [-0.15, -0.1) is 5.10 Å². The normalized spacial score (nSPS) is 15.0. The summed E-state index contributed by atoms with van der Waals surface area (Å²) in [6.45, 7) is 2.65. The van der Waals surface area contributed by atoms with E-state index in [4.69, 9.17) is 14.8 Å². The maximum absolute atomic E-state index is 15.1. The highest BCUT2D eigenvalue weighted by Gasteiger charge is 2.29. The van der Waals surface area contributed by atoms with Crippen LogP contribution in [0.2, 0.25) is 0 Å². The summed E-state index contributed by atoms with van der Waals surface area (Å²) in [4.78, 5) is 18.2. The second-order valence-corrected chi connectivity index (χ2v) is 8.81. The number of pyridine rings is 2. The maximum atomic E-state index is 15.1. The molecule has 0 aliphatic carbocycles. The second-order valence-electron chi connectivity index (χ2n) is 8.81. The first-order chi connectivity index (χ1) is 17.6. The van der Waals surface area contributed by atoms with Crippen LogP contribution in [-0.4, -0.2) is 41.4 Å². The van der Waals surface area contributed by atoms with Crippen LogP contribution in [0.3, 0.4) is 0 Å². The number of ether oxygens (including phenoxy) is 1. The summed E-state index contributed by atoms with van der Waals surface area (Å²) in [6, 6.07) is 14.7. The standard InChI is InChI=1S/C27H24FN7O/c1-17-15-34(16-30-17)24-11-10-23(31-27(24)36-2)25-32-26-19(6-5-13-35(26)33-25)20-14-18(8-9-21(20)28)22-7-3-4-12-29-22/h3-4,7-12,14-16,19H,5-6,13H2,1-2H3/t19-/m1/s1. The molecule has 0 saturated carbocycles. The van der Waals surface area contributed by atoms with E-state index >= 15 is 4.39 Å². The monoisotopic (exact) mass is 481 g/mol. The number of aromatic nitrogens is 7. The van der Waals surface area contributed by atoms with Crippen molar-refractivity contribution in [2.24, 2.45) is 0 Å². The lowest BCUT2D eigenvalue weighted by Crippen LogP contribution is -2.19. The van der Waals surface area contributed by atoms with Gasteiger partial charge in [0, 0.05) is 30.4 Å². The number of aryl methyl sites for hydroxylation is 2. The van der Waals surface area contributed by atoms with E-state index in [2.05, 4.69) is 15.0 Å². The van der Waals surface area contributed by atoms with Gasteiger partial charge in [-0.25, -0.2) is 24.0 Å². The summed E-state index contributed by atoms with van der Waals surface area (Å²) < 4.78 is 24.4. The zero-order valence-electron chi connectivity index (χ0n) is 20.0. The first-order valence-electron chi connectivity index (χ1n) is 11.8. The highest BCUT2D eigenvalue weighted by atomic mass is 19.1. The minimum atomic E-state index is -0.252. The van der Waals surface area contributed by atoms with E-state index in [9.17, 15) is 0 Å². The summed E-state index contributed by atoms with van der Waals surface area (Å²) >= 11 is 0. The van der Waals surface area contributed by atoms with Crippen molar-refractivity contribution >= 4 is 0 Å². The van der Waals surface area contributed by atoms with Crippen molar-refractivity contribution in [3.05, 3.63) is 90.2 Å². The zero-order chi connectivity index (χ0) is 24.6. The Labute approximate surface area is 207 Å². The van der Waals surface area contributed by atoms with Gasteiger partial charge < -0.3 is 9.30 Å². The van der Waals surface area contributed by atoms with E-state index in [1.807, 2.05) is 58.8 Å². The molecule has 0 unspecified atom stereocenters. The Hall–Kier alpha value is -4.40. The highest BCUT2D eigenvalue weighted by Crippen LogP contribution is 2.36. The van der Waals surface area contributed by atoms with E-state index in [0.29, 0.717) is 23.0 Å². The first kappa shape index (κ1) is 22.1. The van der Waals surface area contributed by atoms with E-state index in [1.165, 1.54) is 6.07 Å². The van der Waals surface area contributed by atoms with Crippen molar-refractivity contribution in [1.82, 2.24) is 34.3 Å². The van der Waals surface area contributed by atoms with E-state index < -0.39 is 0 Å². The average molecular weight is 482 g/mol. The third kappa shape index (κ3) is 3.92. The molecule has 4 aromatic heterocycles. The molecule has 1 atom stereocenters. The van der Waals surface area contributed by atoms with Gasteiger partial charge in [0.1, 0.15) is 23.0 Å². The van der Waals surface area contributed by atoms with Gasteiger partial charge in [0.05, 0.1) is 24.8 Å². The van der Waals surface area contributed by atoms with Crippen molar-refractivity contribution < 1.29 is 9.13 Å². The Kier molecular flexibility index (Phi) is 5.52. The summed E-state index contributed by atoms with van der Waals surface area (Å²) in [5, 5.41) is 4.72. The predicted octanol–water partition coefficient (Wildman–Crippen LogP) is 4.97. The molecule has 36 heavy (non-hydrogen) atoms. The van der Waals surface area contributed by atoms with Gasteiger partial charge in [0.2, 0.25) is 5.88 Å². The van der Waals surface area contributed by atoms with Crippen LogP contribution in [0.1, 0.15) is 35.8 Å². The van der Waals surface area contributed by atoms with Crippen LogP contribution in [0, 0.1) is 12.7 Å². The van der Waals surface area contributed by atoms with Crippen LogP contribution in [0.15, 0.2) is 67.3 Å². The molecule has 0 saturated heterocycles. The van der Waals surface area contributed by atoms with E-state index in [1.54, 1.807) is 25.7 Å². The van der Waals surface area contributed by atoms with Crippen LogP contribution in [0.4, 0.5) is 4.39 Å². The molecule has 1 aromatic carbocycles. The van der Waals surface area contributed by atoms with E-state index in [0.717, 1.165) is 47.8 Å². The van der Waals surface area contributed by atoms with E-state index in [-0.39, 0.29) is 11.7 Å². The molecule has 0 spiro atoms. The number of benzene rings is 1. The summed E-state index contributed by atoms with van der Waals surface area (Å²) in [5.74, 6) is 1.22. The molecule has 1 aliphatic rings. The fourth-order valence-corrected chi connectivity index (χ4v) is 4.71. The number of imidazole rings is 1. The Morgan fingerprint density at radius 2 is 1.94 bits per heavy atom. The van der Waals surface area contributed by atoms with Crippen molar-refractivity contribution in [1.29, 1.82) is 0 Å². The molecule has 5 heterocycles. The Morgan fingerprint density at radius 3 is 2.72 bits per heavy atom. The van der Waals surface area contributed by atoms with Gasteiger partial charge in [0.25, 0.3) is 0 Å². The fourth-order valence-electron chi connectivity index (χ4n) is 4.71. The smallest absolute Gasteiger partial charge is 0.238 e. The van der Waals surface area contributed by atoms with Gasteiger partial charge in [-0.3, -0.25) is 4.98 Å².